The van der Waals surface area contributed by atoms with E-state index in [2.05, 4.69) is 5.32 Å². The van der Waals surface area contributed by atoms with Gasteiger partial charge in [-0.1, -0.05) is 30.3 Å². The Morgan fingerprint density at radius 2 is 1.56 bits per heavy atom. The number of amides is 1. The summed E-state index contributed by atoms with van der Waals surface area (Å²) in [5.74, 6) is 1.14. The molecule has 4 nitrogen and oxygen atoms in total. The van der Waals surface area contributed by atoms with Crippen molar-refractivity contribution in [1.29, 1.82) is 0 Å². The Morgan fingerprint density at radius 1 is 0.840 bits per heavy atom. The van der Waals surface area contributed by atoms with Gasteiger partial charge in [-0.05, 0) is 48.9 Å². The number of benzene rings is 3. The summed E-state index contributed by atoms with van der Waals surface area (Å²) in [6, 6.07) is 19.0. The van der Waals surface area contributed by atoms with Crippen LogP contribution in [0.15, 0.2) is 60.7 Å². The Hall–Kier alpha value is -3.01. The quantitative estimate of drug-likeness (QED) is 0.698. The summed E-state index contributed by atoms with van der Waals surface area (Å²) in [4.78, 5) is 12.6. The molecule has 0 aliphatic rings. The van der Waals surface area contributed by atoms with Crippen LogP contribution in [0.25, 0.3) is 10.8 Å². The van der Waals surface area contributed by atoms with Crippen LogP contribution >= 0.6 is 0 Å². The third-order valence-electron chi connectivity index (χ3n) is 3.81. The van der Waals surface area contributed by atoms with E-state index in [9.17, 15) is 4.79 Å². The second-order valence-corrected chi connectivity index (χ2v) is 5.54. The summed E-state index contributed by atoms with van der Waals surface area (Å²) >= 11 is 0. The van der Waals surface area contributed by atoms with E-state index < -0.39 is 0 Å². The van der Waals surface area contributed by atoms with Gasteiger partial charge in [0.2, 0.25) is 0 Å². The van der Waals surface area contributed by atoms with Gasteiger partial charge < -0.3 is 14.8 Å². The second-order valence-electron chi connectivity index (χ2n) is 5.54. The molecule has 0 unspecified atom stereocenters. The smallest absolute Gasteiger partial charge is 0.255 e. The zero-order valence-electron chi connectivity index (χ0n) is 14.4. The van der Waals surface area contributed by atoms with E-state index in [1.54, 1.807) is 6.07 Å². The number of ether oxygens (including phenoxy) is 2. The van der Waals surface area contributed by atoms with Gasteiger partial charge in [-0.15, -0.1) is 0 Å². The maximum absolute atomic E-state index is 12.6. The van der Waals surface area contributed by atoms with Crippen molar-refractivity contribution in [3.63, 3.8) is 0 Å². The van der Waals surface area contributed by atoms with Gasteiger partial charge in [0.25, 0.3) is 5.91 Å². The third-order valence-corrected chi connectivity index (χ3v) is 3.81. The van der Waals surface area contributed by atoms with E-state index in [1.807, 2.05) is 68.4 Å². The fourth-order valence-corrected chi connectivity index (χ4v) is 2.66. The first kappa shape index (κ1) is 16.8. The van der Waals surface area contributed by atoms with Gasteiger partial charge in [0.1, 0.15) is 0 Å². The highest BCUT2D eigenvalue weighted by Gasteiger charge is 2.10. The molecule has 0 aromatic heterocycles. The molecule has 0 aliphatic carbocycles. The number of fused-ring (bicyclic) bond motifs is 1. The lowest BCUT2D eigenvalue weighted by Crippen LogP contribution is -2.12. The summed E-state index contributed by atoms with van der Waals surface area (Å²) in [6.45, 7) is 4.92. The molecule has 25 heavy (non-hydrogen) atoms. The number of anilines is 1. The first-order valence-electron chi connectivity index (χ1n) is 8.41. The van der Waals surface area contributed by atoms with Crippen molar-refractivity contribution in [2.45, 2.75) is 13.8 Å². The van der Waals surface area contributed by atoms with Crippen molar-refractivity contribution in [2.75, 3.05) is 18.5 Å². The molecule has 3 aromatic rings. The van der Waals surface area contributed by atoms with Crippen LogP contribution in [0, 0.1) is 0 Å². The molecule has 0 saturated carbocycles. The molecule has 0 saturated heterocycles. The molecule has 128 valence electrons. The van der Waals surface area contributed by atoms with Crippen molar-refractivity contribution >= 4 is 22.4 Å². The van der Waals surface area contributed by atoms with Crippen LogP contribution in [-0.4, -0.2) is 19.1 Å². The monoisotopic (exact) mass is 335 g/mol. The van der Waals surface area contributed by atoms with Gasteiger partial charge in [0, 0.05) is 17.3 Å². The largest absolute Gasteiger partial charge is 0.490 e. The minimum atomic E-state index is -0.155. The van der Waals surface area contributed by atoms with Crippen LogP contribution in [-0.2, 0) is 0 Å². The highest BCUT2D eigenvalue weighted by Crippen LogP contribution is 2.31. The van der Waals surface area contributed by atoms with Crippen LogP contribution in [0.3, 0.4) is 0 Å². The number of carbonyl (C=O) groups excluding carboxylic acids is 1. The lowest BCUT2D eigenvalue weighted by Gasteiger charge is -2.13. The number of hydrogen-bond donors (Lipinski definition) is 1. The summed E-state index contributed by atoms with van der Waals surface area (Å²) in [5, 5.41) is 5.07. The molecular weight excluding hydrogens is 314 g/mol. The minimum absolute atomic E-state index is 0.155. The molecule has 1 amide bonds. The molecule has 0 bridgehead atoms. The summed E-state index contributed by atoms with van der Waals surface area (Å²) in [5.41, 5.74) is 1.29. The van der Waals surface area contributed by atoms with Gasteiger partial charge in [-0.3, -0.25) is 4.79 Å². The van der Waals surface area contributed by atoms with Crippen LogP contribution < -0.4 is 14.8 Å². The Bertz CT molecular complexity index is 889. The average molecular weight is 335 g/mol. The molecule has 3 aromatic carbocycles. The molecule has 4 heteroatoms. The standard InChI is InChI=1S/C21H21NO3/c1-3-24-19-12-11-18(14-20(19)25-4-2)22-21(23)17-10-9-15-7-5-6-8-16(15)13-17/h5-14H,3-4H2,1-2H3,(H,22,23). The van der Waals surface area contributed by atoms with Crippen molar-refractivity contribution in [2.24, 2.45) is 0 Å². The predicted molar refractivity (Wildman–Crippen MR) is 101 cm³/mol. The van der Waals surface area contributed by atoms with Gasteiger partial charge >= 0.3 is 0 Å². The maximum Gasteiger partial charge on any atom is 0.255 e. The van der Waals surface area contributed by atoms with Crippen molar-refractivity contribution in [1.82, 2.24) is 0 Å². The molecule has 0 spiro atoms. The van der Waals surface area contributed by atoms with E-state index >= 15 is 0 Å². The number of rotatable bonds is 6. The van der Waals surface area contributed by atoms with E-state index in [0.717, 1.165) is 10.8 Å². The Balaban J connectivity index is 1.82. The minimum Gasteiger partial charge on any atom is -0.490 e. The molecule has 0 aliphatic heterocycles. The SMILES string of the molecule is CCOc1ccc(NC(=O)c2ccc3ccccc3c2)cc1OCC. The van der Waals surface area contributed by atoms with Crippen molar-refractivity contribution in [3.05, 3.63) is 66.2 Å². The van der Waals surface area contributed by atoms with Crippen LogP contribution in [0.4, 0.5) is 5.69 Å². The lowest BCUT2D eigenvalue weighted by molar-refractivity contribution is 0.102. The van der Waals surface area contributed by atoms with Crippen LogP contribution in [0.5, 0.6) is 11.5 Å². The molecule has 0 fully saturated rings. The van der Waals surface area contributed by atoms with Crippen LogP contribution in [0.2, 0.25) is 0 Å². The number of nitrogens with one attached hydrogen (secondary N) is 1. The zero-order chi connectivity index (χ0) is 17.6. The molecule has 0 atom stereocenters. The molecule has 0 heterocycles. The zero-order valence-corrected chi connectivity index (χ0v) is 14.4. The predicted octanol–water partition coefficient (Wildman–Crippen LogP) is 4.89. The Morgan fingerprint density at radius 3 is 2.32 bits per heavy atom. The first-order valence-corrected chi connectivity index (χ1v) is 8.41. The summed E-state index contributed by atoms with van der Waals surface area (Å²) in [7, 11) is 0. The van der Waals surface area contributed by atoms with Crippen LogP contribution in [0.1, 0.15) is 24.2 Å². The first-order chi connectivity index (χ1) is 12.2. The molecule has 3 rings (SSSR count). The summed E-state index contributed by atoms with van der Waals surface area (Å²) < 4.78 is 11.1. The highest BCUT2D eigenvalue weighted by molar-refractivity contribution is 6.06. The van der Waals surface area contributed by atoms with Crippen molar-refractivity contribution in [3.8, 4) is 11.5 Å². The van der Waals surface area contributed by atoms with Gasteiger partial charge in [0.15, 0.2) is 11.5 Å². The highest BCUT2D eigenvalue weighted by atomic mass is 16.5. The average Bonchev–Trinajstić information content (AvgIpc) is 2.64. The summed E-state index contributed by atoms with van der Waals surface area (Å²) in [6.07, 6.45) is 0. The molecule has 1 N–H and O–H groups in total. The van der Waals surface area contributed by atoms with E-state index in [1.165, 1.54) is 0 Å². The Labute approximate surface area is 147 Å². The van der Waals surface area contributed by atoms with Crippen molar-refractivity contribution < 1.29 is 14.3 Å². The maximum atomic E-state index is 12.6. The molecular formula is C21H21NO3. The molecule has 0 radical (unpaired) electrons. The third kappa shape index (κ3) is 3.91. The number of hydrogen-bond acceptors (Lipinski definition) is 3. The van der Waals surface area contributed by atoms with Gasteiger partial charge in [0.05, 0.1) is 13.2 Å². The van der Waals surface area contributed by atoms with Gasteiger partial charge in [-0.2, -0.15) is 0 Å². The van der Waals surface area contributed by atoms with Gasteiger partial charge in [-0.25, -0.2) is 0 Å². The van der Waals surface area contributed by atoms with E-state index in [0.29, 0.717) is 36.0 Å². The van der Waals surface area contributed by atoms with E-state index in [4.69, 9.17) is 9.47 Å². The topological polar surface area (TPSA) is 47.6 Å². The fraction of sp³-hybridized carbons (Fsp3) is 0.190. The Kier molecular flexibility index (Phi) is 5.19. The second kappa shape index (κ2) is 7.71. The lowest BCUT2D eigenvalue weighted by atomic mass is 10.1. The normalized spacial score (nSPS) is 10.5. The van der Waals surface area contributed by atoms with E-state index in [-0.39, 0.29) is 5.91 Å². The number of carbonyl (C=O) groups is 1. The fourth-order valence-electron chi connectivity index (χ4n) is 2.66.